The minimum Gasteiger partial charge on any atom is -0.480 e. The molecule has 4 heterocycles. The number of piperidine rings is 1. The van der Waals surface area contributed by atoms with Crippen LogP contribution in [0.2, 0.25) is 0 Å². The average Bonchev–Trinajstić information content (AvgIpc) is 3.50. The molecule has 1 aliphatic rings. The van der Waals surface area contributed by atoms with Gasteiger partial charge < -0.3 is 14.5 Å². The van der Waals surface area contributed by atoms with Crippen LogP contribution >= 0.6 is 0 Å². The Labute approximate surface area is 194 Å². The van der Waals surface area contributed by atoms with E-state index >= 15 is 0 Å². The third-order valence-corrected chi connectivity index (χ3v) is 6.11. The van der Waals surface area contributed by atoms with Crippen molar-refractivity contribution in [3.63, 3.8) is 0 Å². The minimum absolute atomic E-state index is 0.00316. The maximum Gasteiger partial charge on any atom is 0.326 e. The van der Waals surface area contributed by atoms with Gasteiger partial charge in [-0.3, -0.25) is 4.68 Å². The van der Waals surface area contributed by atoms with Gasteiger partial charge in [-0.15, -0.1) is 0 Å². The number of hydrogen-bond acceptors (Lipinski definition) is 7. The number of carbonyl (C=O) groups is 1. The highest BCUT2D eigenvalue weighted by atomic mass is 19.1. The molecular formula is C24H23FN6O3. The maximum absolute atomic E-state index is 14.3. The Kier molecular flexibility index (Phi) is 5.79. The van der Waals surface area contributed by atoms with Crippen LogP contribution in [0.25, 0.3) is 22.9 Å². The highest BCUT2D eigenvalue weighted by Crippen LogP contribution is 2.30. The van der Waals surface area contributed by atoms with Crippen molar-refractivity contribution in [2.24, 2.45) is 5.92 Å². The molecule has 10 heteroatoms. The van der Waals surface area contributed by atoms with Gasteiger partial charge in [0.25, 0.3) is 0 Å². The first-order valence-electron chi connectivity index (χ1n) is 11.1. The van der Waals surface area contributed by atoms with Crippen LogP contribution in [-0.2, 0) is 11.3 Å². The topological polar surface area (TPSA) is 110 Å². The number of benzene rings is 1. The van der Waals surface area contributed by atoms with Crippen molar-refractivity contribution in [2.45, 2.75) is 32.4 Å². The van der Waals surface area contributed by atoms with E-state index in [1.165, 1.54) is 12.3 Å². The second-order valence-electron chi connectivity index (χ2n) is 8.38. The number of hydrogen-bond donors (Lipinski definition) is 1. The Balaban J connectivity index is 1.53. The minimum atomic E-state index is -0.866. The molecule has 2 atom stereocenters. The molecule has 4 aromatic rings. The lowest BCUT2D eigenvalue weighted by Crippen LogP contribution is -2.49. The van der Waals surface area contributed by atoms with Gasteiger partial charge in [0, 0.05) is 24.4 Å². The first kappa shape index (κ1) is 21.7. The van der Waals surface area contributed by atoms with Gasteiger partial charge >= 0.3 is 5.97 Å². The van der Waals surface area contributed by atoms with Crippen molar-refractivity contribution in [1.82, 2.24) is 24.9 Å². The molecule has 34 heavy (non-hydrogen) atoms. The Morgan fingerprint density at radius 2 is 2.09 bits per heavy atom. The molecule has 1 N–H and O–H groups in total. The van der Waals surface area contributed by atoms with Gasteiger partial charge in [-0.05, 0) is 37.0 Å². The summed E-state index contributed by atoms with van der Waals surface area (Å²) in [7, 11) is 0. The molecule has 1 saturated heterocycles. The van der Waals surface area contributed by atoms with Gasteiger partial charge in [0.15, 0.2) is 5.82 Å². The van der Waals surface area contributed by atoms with Gasteiger partial charge in [-0.2, -0.15) is 5.10 Å². The molecule has 0 radical (unpaired) electrons. The highest BCUT2D eigenvalue weighted by Gasteiger charge is 2.35. The van der Waals surface area contributed by atoms with Crippen LogP contribution < -0.4 is 4.90 Å². The smallest absolute Gasteiger partial charge is 0.326 e. The van der Waals surface area contributed by atoms with E-state index in [1.807, 2.05) is 11.8 Å². The highest BCUT2D eigenvalue weighted by molar-refractivity contribution is 5.78. The quantitative estimate of drug-likeness (QED) is 0.460. The molecule has 0 saturated carbocycles. The molecule has 9 nitrogen and oxygen atoms in total. The van der Waals surface area contributed by atoms with Crippen LogP contribution in [0.3, 0.4) is 0 Å². The van der Waals surface area contributed by atoms with Crippen molar-refractivity contribution in [1.29, 1.82) is 0 Å². The molecule has 1 aromatic carbocycles. The number of carboxylic acid groups (broad SMARTS) is 1. The van der Waals surface area contributed by atoms with Gasteiger partial charge in [0.05, 0.1) is 12.2 Å². The molecule has 0 unspecified atom stereocenters. The first-order chi connectivity index (χ1) is 16.5. The van der Waals surface area contributed by atoms with E-state index < -0.39 is 12.0 Å². The second kappa shape index (κ2) is 9.05. The summed E-state index contributed by atoms with van der Waals surface area (Å²) >= 11 is 0. The lowest BCUT2D eigenvalue weighted by atomic mass is 9.91. The summed E-state index contributed by atoms with van der Waals surface area (Å²) in [4.78, 5) is 22.8. The van der Waals surface area contributed by atoms with Crippen LogP contribution in [-0.4, -0.2) is 48.6 Å². The predicted molar refractivity (Wildman–Crippen MR) is 121 cm³/mol. The van der Waals surface area contributed by atoms with E-state index in [4.69, 9.17) is 4.52 Å². The molecule has 174 valence electrons. The van der Waals surface area contributed by atoms with Crippen molar-refractivity contribution in [3.8, 4) is 22.9 Å². The van der Waals surface area contributed by atoms with Crippen molar-refractivity contribution >= 4 is 11.8 Å². The predicted octanol–water partition coefficient (Wildman–Crippen LogP) is 3.87. The molecule has 0 aliphatic carbocycles. The van der Waals surface area contributed by atoms with E-state index in [9.17, 15) is 14.3 Å². The molecule has 3 aromatic heterocycles. The Morgan fingerprint density at radius 3 is 2.85 bits per heavy atom. The fourth-order valence-electron chi connectivity index (χ4n) is 4.44. The number of nitrogens with zero attached hydrogens (tertiary/aromatic N) is 6. The summed E-state index contributed by atoms with van der Waals surface area (Å²) in [6, 6.07) is 11.0. The zero-order valence-electron chi connectivity index (χ0n) is 18.5. The molecule has 0 bridgehead atoms. The molecule has 0 amide bonds. The average molecular weight is 462 g/mol. The fourth-order valence-corrected chi connectivity index (χ4v) is 4.44. The molecular weight excluding hydrogens is 439 g/mol. The van der Waals surface area contributed by atoms with E-state index in [1.54, 1.807) is 47.3 Å². The summed E-state index contributed by atoms with van der Waals surface area (Å²) in [5.41, 5.74) is 2.11. The molecule has 1 fully saturated rings. The zero-order chi connectivity index (χ0) is 23.7. The van der Waals surface area contributed by atoms with Gasteiger partial charge in [0.2, 0.25) is 0 Å². The summed E-state index contributed by atoms with van der Waals surface area (Å²) < 4.78 is 20.9. The second-order valence-corrected chi connectivity index (χ2v) is 8.38. The van der Waals surface area contributed by atoms with Crippen molar-refractivity contribution in [3.05, 3.63) is 66.3 Å². The maximum atomic E-state index is 14.3. The van der Waals surface area contributed by atoms with Crippen molar-refractivity contribution < 1.29 is 18.8 Å². The third kappa shape index (κ3) is 4.14. The standard InChI is InChI=1S/C24H23FN6O3/c1-15-5-4-11-30(22(15)24(32)33)21-8-10-26-23(27-21)19-13-20(18-9-12-34-29-18)31(28-19)14-16-6-2-3-7-17(16)25/h2-3,6-10,12-13,15,22H,4-5,11,14H2,1H3,(H,32,33)/t15-,22+/m0/s1. The first-order valence-corrected chi connectivity index (χ1v) is 11.1. The number of aliphatic carboxylic acids is 1. The van der Waals surface area contributed by atoms with E-state index in [0.29, 0.717) is 40.8 Å². The van der Waals surface area contributed by atoms with Gasteiger partial charge in [-0.1, -0.05) is 30.3 Å². The molecule has 5 rings (SSSR count). The zero-order valence-corrected chi connectivity index (χ0v) is 18.5. The Morgan fingerprint density at radius 1 is 1.24 bits per heavy atom. The monoisotopic (exact) mass is 462 g/mol. The molecule has 1 aliphatic heterocycles. The SMILES string of the molecule is C[C@H]1CCCN(c2ccnc(-c3cc(-c4ccon4)n(Cc4ccccc4F)n3)n2)[C@H]1C(=O)O. The van der Waals surface area contributed by atoms with E-state index in [-0.39, 0.29) is 18.3 Å². The van der Waals surface area contributed by atoms with Crippen LogP contribution in [0.5, 0.6) is 0 Å². The van der Waals surface area contributed by atoms with Crippen LogP contribution in [0.15, 0.2) is 59.4 Å². The summed E-state index contributed by atoms with van der Waals surface area (Å²) in [6.07, 6.45) is 4.79. The van der Waals surface area contributed by atoms with Crippen LogP contribution in [0, 0.1) is 11.7 Å². The summed E-state index contributed by atoms with van der Waals surface area (Å²) in [5, 5.41) is 18.4. The number of halogens is 1. The van der Waals surface area contributed by atoms with Gasteiger partial charge in [-0.25, -0.2) is 19.2 Å². The summed E-state index contributed by atoms with van der Waals surface area (Å²) in [6.45, 7) is 2.73. The third-order valence-electron chi connectivity index (χ3n) is 6.11. The largest absolute Gasteiger partial charge is 0.480 e. The number of aromatic nitrogens is 5. The normalized spacial score (nSPS) is 18.2. The molecule has 0 spiro atoms. The Hall–Kier alpha value is -4.08. The van der Waals surface area contributed by atoms with Crippen LogP contribution in [0.4, 0.5) is 10.2 Å². The van der Waals surface area contributed by atoms with E-state index in [2.05, 4.69) is 20.2 Å². The number of carboxylic acids is 1. The van der Waals surface area contributed by atoms with Crippen LogP contribution in [0.1, 0.15) is 25.3 Å². The van der Waals surface area contributed by atoms with Crippen molar-refractivity contribution in [2.75, 3.05) is 11.4 Å². The van der Waals surface area contributed by atoms with Gasteiger partial charge in [0.1, 0.15) is 35.3 Å². The van der Waals surface area contributed by atoms with E-state index in [0.717, 1.165) is 12.8 Å². The lowest BCUT2D eigenvalue weighted by Gasteiger charge is -2.38. The number of anilines is 1. The lowest BCUT2D eigenvalue weighted by molar-refractivity contribution is -0.140. The summed E-state index contributed by atoms with van der Waals surface area (Å²) in [5.74, 6) is -0.312. The fraction of sp³-hybridized carbons (Fsp3) is 0.292. The number of rotatable bonds is 6. The Bertz CT molecular complexity index is 1310.